The van der Waals surface area contributed by atoms with E-state index in [-0.39, 0.29) is 18.4 Å². The molecule has 2 aliphatic heterocycles. The van der Waals surface area contributed by atoms with Gasteiger partial charge in [0.15, 0.2) is 6.04 Å². The topological polar surface area (TPSA) is 87.2 Å². The van der Waals surface area contributed by atoms with Crippen molar-refractivity contribution in [1.82, 2.24) is 9.80 Å². The van der Waals surface area contributed by atoms with Gasteiger partial charge < -0.3 is 14.7 Å². The van der Waals surface area contributed by atoms with Gasteiger partial charge in [-0.25, -0.2) is 4.79 Å². The summed E-state index contributed by atoms with van der Waals surface area (Å²) in [7, 11) is 0. The fourth-order valence-electron chi connectivity index (χ4n) is 4.09. The van der Waals surface area contributed by atoms with E-state index < -0.39 is 17.7 Å². The molecule has 1 atom stereocenters. The molecule has 1 aromatic heterocycles. The van der Waals surface area contributed by atoms with E-state index in [1.165, 1.54) is 16.2 Å². The number of hydrogen-bond acceptors (Lipinski definition) is 5. The van der Waals surface area contributed by atoms with Crippen LogP contribution in [0.15, 0.2) is 41.8 Å². The van der Waals surface area contributed by atoms with Crippen LogP contribution in [0.1, 0.15) is 38.4 Å². The number of carbonyl (C=O) groups excluding carboxylic acids is 2. The van der Waals surface area contributed by atoms with Gasteiger partial charge in [0.2, 0.25) is 0 Å². The summed E-state index contributed by atoms with van der Waals surface area (Å²) in [6, 6.07) is 9.70. The van der Waals surface area contributed by atoms with Gasteiger partial charge in [-0.05, 0) is 30.5 Å². The van der Waals surface area contributed by atoms with Crippen molar-refractivity contribution in [1.29, 1.82) is 0 Å². The van der Waals surface area contributed by atoms with Crippen molar-refractivity contribution < 1.29 is 24.2 Å². The molecule has 3 heterocycles. The second-order valence-corrected chi connectivity index (χ2v) is 8.37. The second kappa shape index (κ2) is 7.61. The number of thiophene rings is 1. The molecule has 2 fully saturated rings. The van der Waals surface area contributed by atoms with E-state index in [0.29, 0.717) is 36.4 Å². The van der Waals surface area contributed by atoms with E-state index >= 15 is 0 Å². The van der Waals surface area contributed by atoms with Crippen molar-refractivity contribution in [3.63, 3.8) is 0 Å². The molecule has 0 unspecified atom stereocenters. The Bertz CT molecular complexity index is 934. The number of carboxylic acids is 1. The first-order chi connectivity index (χ1) is 13.9. The summed E-state index contributed by atoms with van der Waals surface area (Å²) in [6.07, 6.45) is 0.761. The van der Waals surface area contributed by atoms with E-state index in [1.807, 2.05) is 24.4 Å². The molecule has 2 saturated heterocycles. The third-order valence-electron chi connectivity index (χ3n) is 5.59. The quantitative estimate of drug-likeness (QED) is 0.834. The Hall–Kier alpha value is -2.71. The summed E-state index contributed by atoms with van der Waals surface area (Å²) in [4.78, 5) is 41.6. The standard InChI is InChI=1S/C21H22N2O5S/c1-14-4-2-5-15(12-14)18(24)23-16(20(26)27)13-28-21(23)7-9-22(10-8-21)19(25)17-6-3-11-29-17/h2-6,11-12,16H,7-10,13H2,1H3,(H,26,27)/t16-/m1/s1. The fourth-order valence-corrected chi connectivity index (χ4v) is 4.78. The number of benzene rings is 1. The van der Waals surface area contributed by atoms with Crippen LogP contribution >= 0.6 is 11.3 Å². The molecule has 0 bridgehead atoms. The van der Waals surface area contributed by atoms with Crippen LogP contribution in [-0.2, 0) is 9.53 Å². The van der Waals surface area contributed by atoms with E-state index in [0.717, 1.165) is 5.56 Å². The number of nitrogens with zero attached hydrogens (tertiary/aromatic N) is 2. The number of rotatable bonds is 3. The Morgan fingerprint density at radius 2 is 1.90 bits per heavy atom. The van der Waals surface area contributed by atoms with Gasteiger partial charge in [-0.15, -0.1) is 11.3 Å². The lowest BCUT2D eigenvalue weighted by Crippen LogP contribution is -2.58. The van der Waals surface area contributed by atoms with Crippen molar-refractivity contribution >= 4 is 29.1 Å². The first kappa shape index (κ1) is 19.6. The average Bonchev–Trinajstić information content (AvgIpc) is 3.36. The first-order valence-corrected chi connectivity index (χ1v) is 10.4. The van der Waals surface area contributed by atoms with Gasteiger partial charge in [-0.3, -0.25) is 14.5 Å². The molecule has 4 rings (SSSR count). The van der Waals surface area contributed by atoms with Gasteiger partial charge >= 0.3 is 5.97 Å². The number of hydrogen-bond donors (Lipinski definition) is 1. The molecule has 0 aliphatic carbocycles. The normalized spacial score (nSPS) is 20.8. The highest BCUT2D eigenvalue weighted by molar-refractivity contribution is 7.12. The van der Waals surface area contributed by atoms with Crippen LogP contribution in [0.2, 0.25) is 0 Å². The average molecular weight is 414 g/mol. The number of aryl methyl sites for hydroxylation is 1. The van der Waals surface area contributed by atoms with Gasteiger partial charge in [0.1, 0.15) is 5.72 Å². The van der Waals surface area contributed by atoms with Crippen LogP contribution in [0, 0.1) is 6.92 Å². The zero-order valence-corrected chi connectivity index (χ0v) is 16.9. The van der Waals surface area contributed by atoms with E-state index in [9.17, 15) is 19.5 Å². The van der Waals surface area contributed by atoms with Crippen LogP contribution in [0.25, 0.3) is 0 Å². The molecule has 1 N–H and O–H groups in total. The van der Waals surface area contributed by atoms with Crippen LogP contribution in [0.4, 0.5) is 0 Å². The van der Waals surface area contributed by atoms with Gasteiger partial charge in [-0.1, -0.05) is 23.8 Å². The Balaban J connectivity index is 1.58. The van der Waals surface area contributed by atoms with Crippen LogP contribution in [0.5, 0.6) is 0 Å². The van der Waals surface area contributed by atoms with Crippen LogP contribution < -0.4 is 0 Å². The minimum atomic E-state index is -1.08. The largest absolute Gasteiger partial charge is 0.480 e. The molecule has 8 heteroatoms. The molecule has 7 nitrogen and oxygen atoms in total. The molecule has 2 aromatic rings. The van der Waals surface area contributed by atoms with E-state index in [4.69, 9.17) is 4.74 Å². The maximum atomic E-state index is 13.3. The van der Waals surface area contributed by atoms with E-state index in [1.54, 1.807) is 29.2 Å². The Morgan fingerprint density at radius 3 is 2.52 bits per heavy atom. The van der Waals surface area contributed by atoms with Crippen molar-refractivity contribution in [3.05, 3.63) is 57.8 Å². The summed E-state index contributed by atoms with van der Waals surface area (Å²) >= 11 is 1.39. The number of carboxylic acid groups (broad SMARTS) is 1. The molecule has 1 spiro atoms. The molecule has 152 valence electrons. The van der Waals surface area contributed by atoms with Crippen LogP contribution in [0.3, 0.4) is 0 Å². The third kappa shape index (κ3) is 3.54. The minimum absolute atomic E-state index is 0.0424. The number of carbonyl (C=O) groups is 3. The van der Waals surface area contributed by atoms with Gasteiger partial charge in [0.05, 0.1) is 11.5 Å². The maximum Gasteiger partial charge on any atom is 0.328 e. The number of ether oxygens (including phenoxy) is 1. The van der Waals surface area contributed by atoms with Crippen LogP contribution in [-0.4, -0.2) is 64.2 Å². The van der Waals surface area contributed by atoms with Crippen molar-refractivity contribution in [2.24, 2.45) is 0 Å². The Kier molecular flexibility index (Phi) is 5.14. The SMILES string of the molecule is Cc1cccc(C(=O)N2[C@@H](C(=O)O)COC23CCN(C(=O)c2cccs2)CC3)c1. The summed E-state index contributed by atoms with van der Waals surface area (Å²) in [5.74, 6) is -1.48. The summed E-state index contributed by atoms with van der Waals surface area (Å²) in [5.41, 5.74) is 0.363. The van der Waals surface area contributed by atoms with Gasteiger partial charge in [0, 0.05) is 31.5 Å². The monoisotopic (exact) mass is 414 g/mol. The second-order valence-electron chi connectivity index (χ2n) is 7.43. The molecule has 2 amide bonds. The molecule has 1 aromatic carbocycles. The highest BCUT2D eigenvalue weighted by atomic mass is 32.1. The molecular formula is C21H22N2O5S. The van der Waals surface area contributed by atoms with Crippen molar-refractivity contribution in [2.75, 3.05) is 19.7 Å². The van der Waals surface area contributed by atoms with E-state index in [2.05, 4.69) is 0 Å². The number of aliphatic carboxylic acids is 1. The Morgan fingerprint density at radius 1 is 1.14 bits per heavy atom. The zero-order valence-electron chi connectivity index (χ0n) is 16.0. The van der Waals surface area contributed by atoms with Crippen molar-refractivity contribution in [3.8, 4) is 0 Å². The smallest absolute Gasteiger partial charge is 0.328 e. The molecular weight excluding hydrogens is 392 g/mol. The molecule has 29 heavy (non-hydrogen) atoms. The zero-order chi connectivity index (χ0) is 20.6. The lowest BCUT2D eigenvalue weighted by atomic mass is 9.96. The predicted molar refractivity (Wildman–Crippen MR) is 107 cm³/mol. The minimum Gasteiger partial charge on any atom is -0.480 e. The maximum absolute atomic E-state index is 13.3. The molecule has 0 saturated carbocycles. The highest BCUT2D eigenvalue weighted by Crippen LogP contribution is 2.39. The summed E-state index contributed by atoms with van der Waals surface area (Å²) < 4.78 is 5.95. The number of amides is 2. The summed E-state index contributed by atoms with van der Waals surface area (Å²) in [6.45, 7) is 2.64. The van der Waals surface area contributed by atoms with Gasteiger partial charge in [-0.2, -0.15) is 0 Å². The molecule has 0 radical (unpaired) electrons. The fraction of sp³-hybridized carbons (Fsp3) is 0.381. The number of likely N-dealkylation sites (tertiary alicyclic amines) is 1. The lowest BCUT2D eigenvalue weighted by Gasteiger charge is -2.44. The lowest BCUT2D eigenvalue weighted by molar-refractivity contribution is -0.143. The first-order valence-electron chi connectivity index (χ1n) is 9.51. The molecule has 2 aliphatic rings. The van der Waals surface area contributed by atoms with Crippen molar-refractivity contribution in [2.45, 2.75) is 31.5 Å². The Labute approximate surface area is 172 Å². The summed E-state index contributed by atoms with van der Waals surface area (Å²) in [5, 5.41) is 11.5. The third-order valence-corrected chi connectivity index (χ3v) is 6.45. The predicted octanol–water partition coefficient (Wildman–Crippen LogP) is 2.61. The van der Waals surface area contributed by atoms with Gasteiger partial charge in [0.25, 0.3) is 11.8 Å². The number of piperidine rings is 1. The highest BCUT2D eigenvalue weighted by Gasteiger charge is 2.54.